The van der Waals surface area contributed by atoms with Gasteiger partial charge in [0.15, 0.2) is 0 Å². The van der Waals surface area contributed by atoms with Crippen LogP contribution in [0, 0.1) is 5.92 Å². The van der Waals surface area contributed by atoms with Crippen molar-refractivity contribution < 1.29 is 9.47 Å². The van der Waals surface area contributed by atoms with Gasteiger partial charge in [-0.25, -0.2) is 0 Å². The minimum atomic E-state index is 0.535. The zero-order chi connectivity index (χ0) is 11.8. The van der Waals surface area contributed by atoms with Crippen LogP contribution < -0.4 is 9.47 Å². The zero-order valence-electron chi connectivity index (χ0n) is 10.1. The lowest BCUT2D eigenvalue weighted by molar-refractivity contribution is 0.288. The fourth-order valence-electron chi connectivity index (χ4n) is 1.20. The van der Waals surface area contributed by atoms with E-state index in [9.17, 15) is 0 Å². The number of hydrogen-bond acceptors (Lipinski definition) is 2. The highest BCUT2D eigenvalue weighted by Gasteiger charge is 1.97. The molecule has 2 nitrogen and oxygen atoms in total. The van der Waals surface area contributed by atoms with E-state index in [2.05, 4.69) is 20.4 Å². The van der Waals surface area contributed by atoms with Crippen LogP contribution in [-0.2, 0) is 0 Å². The van der Waals surface area contributed by atoms with Crippen LogP contribution in [0.15, 0.2) is 36.9 Å². The van der Waals surface area contributed by atoms with E-state index in [4.69, 9.17) is 9.47 Å². The summed E-state index contributed by atoms with van der Waals surface area (Å²) in [7, 11) is 0. The van der Waals surface area contributed by atoms with Gasteiger partial charge in [-0.05, 0) is 36.6 Å². The van der Waals surface area contributed by atoms with E-state index in [-0.39, 0.29) is 0 Å². The molecular weight excluding hydrogens is 200 g/mol. The van der Waals surface area contributed by atoms with E-state index in [0.717, 1.165) is 24.5 Å². The molecule has 0 spiro atoms. The van der Waals surface area contributed by atoms with Crippen LogP contribution in [0.1, 0.15) is 20.3 Å². The van der Waals surface area contributed by atoms with Gasteiger partial charge in [0.1, 0.15) is 18.1 Å². The monoisotopic (exact) mass is 220 g/mol. The fourth-order valence-corrected chi connectivity index (χ4v) is 1.20. The van der Waals surface area contributed by atoms with Crippen LogP contribution in [0.3, 0.4) is 0 Å². The first-order chi connectivity index (χ1) is 7.72. The van der Waals surface area contributed by atoms with E-state index in [1.165, 1.54) is 0 Å². The molecule has 0 aliphatic carbocycles. The molecule has 0 aliphatic heterocycles. The molecule has 0 heterocycles. The smallest absolute Gasteiger partial charge is 0.120 e. The molecule has 0 aromatic heterocycles. The van der Waals surface area contributed by atoms with Crippen molar-refractivity contribution in [2.45, 2.75) is 20.3 Å². The van der Waals surface area contributed by atoms with Gasteiger partial charge in [-0.15, -0.1) is 0 Å². The van der Waals surface area contributed by atoms with E-state index in [1.54, 1.807) is 6.08 Å². The van der Waals surface area contributed by atoms with Crippen molar-refractivity contribution >= 4 is 0 Å². The van der Waals surface area contributed by atoms with Crippen molar-refractivity contribution in [2.75, 3.05) is 13.2 Å². The van der Waals surface area contributed by atoms with Crippen molar-refractivity contribution in [1.82, 2.24) is 0 Å². The summed E-state index contributed by atoms with van der Waals surface area (Å²) in [5.74, 6) is 2.41. The van der Waals surface area contributed by atoms with E-state index < -0.39 is 0 Å². The number of hydrogen-bond donors (Lipinski definition) is 0. The maximum absolute atomic E-state index is 5.60. The normalized spacial score (nSPS) is 10.2. The van der Waals surface area contributed by atoms with Gasteiger partial charge in [-0.2, -0.15) is 0 Å². The Labute approximate surface area is 97.9 Å². The Bertz CT molecular complexity index is 301. The Hall–Kier alpha value is -1.44. The molecule has 0 atom stereocenters. The van der Waals surface area contributed by atoms with E-state index >= 15 is 0 Å². The molecule has 0 aliphatic rings. The van der Waals surface area contributed by atoms with Gasteiger partial charge < -0.3 is 9.47 Å². The highest BCUT2D eigenvalue weighted by Crippen LogP contribution is 2.18. The Kier molecular flexibility index (Phi) is 5.48. The minimum Gasteiger partial charge on any atom is -0.494 e. The van der Waals surface area contributed by atoms with Crippen LogP contribution in [0.4, 0.5) is 0 Å². The highest BCUT2D eigenvalue weighted by atomic mass is 16.5. The molecule has 0 saturated carbocycles. The van der Waals surface area contributed by atoms with E-state index in [0.29, 0.717) is 12.5 Å². The SMILES string of the molecule is C=CCOc1ccc(OCCC(C)C)cc1. The second kappa shape index (κ2) is 6.94. The standard InChI is InChI=1S/C14H20O2/c1-4-10-15-13-5-7-14(8-6-13)16-11-9-12(2)3/h4-8,12H,1,9-11H2,2-3H3. The summed E-state index contributed by atoms with van der Waals surface area (Å²) >= 11 is 0. The van der Waals surface area contributed by atoms with Crippen molar-refractivity contribution in [3.05, 3.63) is 36.9 Å². The van der Waals surface area contributed by atoms with Gasteiger partial charge in [-0.1, -0.05) is 26.5 Å². The topological polar surface area (TPSA) is 18.5 Å². The Morgan fingerprint density at radius 2 is 1.69 bits per heavy atom. The van der Waals surface area contributed by atoms with Crippen LogP contribution in [0.5, 0.6) is 11.5 Å². The van der Waals surface area contributed by atoms with Crippen LogP contribution in [-0.4, -0.2) is 13.2 Å². The molecule has 0 radical (unpaired) electrons. The third-order valence-electron chi connectivity index (χ3n) is 2.16. The quantitative estimate of drug-likeness (QED) is 0.653. The predicted molar refractivity (Wildman–Crippen MR) is 67.1 cm³/mol. The summed E-state index contributed by atoms with van der Waals surface area (Å²) in [6.07, 6.45) is 2.81. The summed E-state index contributed by atoms with van der Waals surface area (Å²) in [6, 6.07) is 7.68. The van der Waals surface area contributed by atoms with Gasteiger partial charge in [0, 0.05) is 0 Å². The third-order valence-corrected chi connectivity index (χ3v) is 2.16. The van der Waals surface area contributed by atoms with Crippen LogP contribution in [0.25, 0.3) is 0 Å². The van der Waals surface area contributed by atoms with Crippen molar-refractivity contribution in [3.8, 4) is 11.5 Å². The van der Waals surface area contributed by atoms with Gasteiger partial charge >= 0.3 is 0 Å². The van der Waals surface area contributed by atoms with Gasteiger partial charge in [0.2, 0.25) is 0 Å². The van der Waals surface area contributed by atoms with Crippen molar-refractivity contribution in [1.29, 1.82) is 0 Å². The molecular formula is C14H20O2. The first-order valence-electron chi connectivity index (χ1n) is 5.69. The summed E-state index contributed by atoms with van der Waals surface area (Å²) in [6.45, 7) is 9.28. The van der Waals surface area contributed by atoms with Crippen LogP contribution in [0.2, 0.25) is 0 Å². The molecule has 0 saturated heterocycles. The fraction of sp³-hybridized carbons (Fsp3) is 0.429. The largest absolute Gasteiger partial charge is 0.494 e. The molecule has 2 heteroatoms. The average molecular weight is 220 g/mol. The Morgan fingerprint density at radius 3 is 2.19 bits per heavy atom. The highest BCUT2D eigenvalue weighted by molar-refractivity contribution is 5.31. The van der Waals surface area contributed by atoms with Crippen LogP contribution >= 0.6 is 0 Å². The number of ether oxygens (including phenoxy) is 2. The molecule has 0 bridgehead atoms. The lowest BCUT2D eigenvalue weighted by Crippen LogP contribution is -2.01. The lowest BCUT2D eigenvalue weighted by Gasteiger charge is -2.09. The molecule has 0 fully saturated rings. The van der Waals surface area contributed by atoms with Crippen molar-refractivity contribution in [3.63, 3.8) is 0 Å². The molecule has 16 heavy (non-hydrogen) atoms. The van der Waals surface area contributed by atoms with Gasteiger partial charge in [-0.3, -0.25) is 0 Å². The van der Waals surface area contributed by atoms with Gasteiger partial charge in [0.05, 0.1) is 6.61 Å². The Morgan fingerprint density at radius 1 is 1.12 bits per heavy atom. The second-order valence-electron chi connectivity index (χ2n) is 4.10. The molecule has 1 rings (SSSR count). The molecule has 0 amide bonds. The maximum Gasteiger partial charge on any atom is 0.120 e. The summed E-state index contributed by atoms with van der Waals surface area (Å²) in [5, 5.41) is 0. The van der Waals surface area contributed by atoms with E-state index in [1.807, 2.05) is 24.3 Å². The zero-order valence-corrected chi connectivity index (χ0v) is 10.1. The number of rotatable bonds is 7. The summed E-state index contributed by atoms with van der Waals surface area (Å²) < 4.78 is 11.0. The molecule has 88 valence electrons. The van der Waals surface area contributed by atoms with Gasteiger partial charge in [0.25, 0.3) is 0 Å². The average Bonchev–Trinajstić information content (AvgIpc) is 2.27. The molecule has 1 aromatic rings. The van der Waals surface area contributed by atoms with Crippen molar-refractivity contribution in [2.24, 2.45) is 5.92 Å². The molecule has 0 N–H and O–H groups in total. The number of benzene rings is 1. The molecule has 0 unspecified atom stereocenters. The third kappa shape index (κ3) is 4.87. The summed E-state index contributed by atoms with van der Waals surface area (Å²) in [4.78, 5) is 0. The first-order valence-corrected chi connectivity index (χ1v) is 5.69. The lowest BCUT2D eigenvalue weighted by atomic mass is 10.1. The molecule has 1 aromatic carbocycles. The predicted octanol–water partition coefficient (Wildman–Crippen LogP) is 3.68. The summed E-state index contributed by atoms with van der Waals surface area (Å²) in [5.41, 5.74) is 0. The maximum atomic E-state index is 5.60. The Balaban J connectivity index is 2.35. The first kappa shape index (κ1) is 12.6. The minimum absolute atomic E-state index is 0.535. The second-order valence-corrected chi connectivity index (χ2v) is 4.10.